The standard InChI is InChI=1S/C8H11ClN4O/c1-8(3-4-8)13-6-10-5(9)11-7(12-6)14-2/h3-4H2,1-2H3,(H,10,11,12,13). The first kappa shape index (κ1) is 9.45. The van der Waals surface area contributed by atoms with Gasteiger partial charge in [-0.25, -0.2) is 0 Å². The maximum absolute atomic E-state index is 5.70. The Bertz CT molecular complexity index is 353. The summed E-state index contributed by atoms with van der Waals surface area (Å²) in [5.41, 5.74) is 0.121. The van der Waals surface area contributed by atoms with Gasteiger partial charge in [0.25, 0.3) is 0 Å². The lowest BCUT2D eigenvalue weighted by molar-refractivity contribution is 0.378. The zero-order chi connectivity index (χ0) is 10.2. The minimum Gasteiger partial charge on any atom is -0.467 e. The van der Waals surface area contributed by atoms with Gasteiger partial charge in [0.1, 0.15) is 0 Å². The molecule has 76 valence electrons. The number of methoxy groups -OCH3 is 1. The van der Waals surface area contributed by atoms with Crippen molar-refractivity contribution in [3.63, 3.8) is 0 Å². The average Bonchev–Trinajstić information content (AvgIpc) is 2.82. The highest BCUT2D eigenvalue weighted by molar-refractivity contribution is 6.28. The summed E-state index contributed by atoms with van der Waals surface area (Å²) in [5.74, 6) is 0.474. The van der Waals surface area contributed by atoms with E-state index >= 15 is 0 Å². The SMILES string of the molecule is COc1nc(Cl)nc(NC2(C)CC2)n1. The minimum atomic E-state index is 0.121. The van der Waals surface area contributed by atoms with Crippen molar-refractivity contribution in [3.8, 4) is 6.01 Å². The molecule has 1 saturated carbocycles. The lowest BCUT2D eigenvalue weighted by atomic mass is 10.3. The van der Waals surface area contributed by atoms with Crippen molar-refractivity contribution in [2.24, 2.45) is 0 Å². The van der Waals surface area contributed by atoms with Gasteiger partial charge in [0.2, 0.25) is 11.2 Å². The van der Waals surface area contributed by atoms with Crippen LogP contribution in [0.15, 0.2) is 0 Å². The maximum atomic E-state index is 5.70. The third-order valence-corrected chi connectivity index (χ3v) is 2.35. The number of aromatic nitrogens is 3. The quantitative estimate of drug-likeness (QED) is 0.826. The van der Waals surface area contributed by atoms with Crippen LogP contribution in [0.3, 0.4) is 0 Å². The maximum Gasteiger partial charge on any atom is 0.322 e. The highest BCUT2D eigenvalue weighted by Gasteiger charge is 2.38. The molecule has 1 N–H and O–H groups in total. The Morgan fingerprint density at radius 2 is 2.07 bits per heavy atom. The molecule has 1 aliphatic rings. The van der Waals surface area contributed by atoms with E-state index in [1.165, 1.54) is 7.11 Å². The van der Waals surface area contributed by atoms with E-state index in [9.17, 15) is 0 Å². The van der Waals surface area contributed by atoms with E-state index in [1.807, 2.05) is 0 Å². The van der Waals surface area contributed by atoms with Crippen LogP contribution >= 0.6 is 11.6 Å². The molecule has 0 unspecified atom stereocenters. The molecular weight excluding hydrogens is 204 g/mol. The van der Waals surface area contributed by atoms with E-state index in [0.29, 0.717) is 5.95 Å². The molecule has 0 amide bonds. The van der Waals surface area contributed by atoms with Gasteiger partial charge in [-0.15, -0.1) is 0 Å². The van der Waals surface area contributed by atoms with E-state index in [0.717, 1.165) is 12.8 Å². The highest BCUT2D eigenvalue weighted by atomic mass is 35.5. The van der Waals surface area contributed by atoms with Crippen molar-refractivity contribution in [2.45, 2.75) is 25.3 Å². The van der Waals surface area contributed by atoms with Crippen LogP contribution < -0.4 is 10.1 Å². The highest BCUT2D eigenvalue weighted by Crippen LogP contribution is 2.37. The summed E-state index contributed by atoms with van der Waals surface area (Å²) in [5, 5.41) is 3.32. The summed E-state index contributed by atoms with van der Waals surface area (Å²) in [4.78, 5) is 11.8. The van der Waals surface area contributed by atoms with Crippen LogP contribution in [0.1, 0.15) is 19.8 Å². The molecule has 1 heterocycles. The summed E-state index contributed by atoms with van der Waals surface area (Å²) in [6, 6.07) is 0.233. The lowest BCUT2D eigenvalue weighted by Crippen LogP contribution is -2.18. The fourth-order valence-corrected chi connectivity index (χ4v) is 1.21. The van der Waals surface area contributed by atoms with Gasteiger partial charge in [0, 0.05) is 5.54 Å². The van der Waals surface area contributed by atoms with E-state index in [-0.39, 0.29) is 16.8 Å². The third-order valence-electron chi connectivity index (χ3n) is 2.18. The number of ether oxygens (including phenoxy) is 1. The molecule has 1 aromatic heterocycles. The second-order valence-corrected chi connectivity index (χ2v) is 3.94. The van der Waals surface area contributed by atoms with Crippen LogP contribution in [0.4, 0.5) is 5.95 Å². The van der Waals surface area contributed by atoms with Crippen molar-refractivity contribution >= 4 is 17.5 Å². The van der Waals surface area contributed by atoms with E-state index in [1.54, 1.807) is 0 Å². The normalized spacial score (nSPS) is 17.6. The number of hydrogen-bond acceptors (Lipinski definition) is 5. The first-order valence-corrected chi connectivity index (χ1v) is 4.73. The van der Waals surface area contributed by atoms with Crippen LogP contribution in [0.5, 0.6) is 6.01 Å². The van der Waals surface area contributed by atoms with Crippen LogP contribution in [0.2, 0.25) is 5.28 Å². The zero-order valence-electron chi connectivity index (χ0n) is 8.04. The number of anilines is 1. The molecule has 0 radical (unpaired) electrons. The molecular formula is C8H11ClN4O. The molecule has 0 aromatic carbocycles. The van der Waals surface area contributed by atoms with E-state index in [2.05, 4.69) is 27.2 Å². The second kappa shape index (κ2) is 3.24. The van der Waals surface area contributed by atoms with Crippen LogP contribution in [0, 0.1) is 0 Å². The van der Waals surface area contributed by atoms with Gasteiger partial charge in [0.15, 0.2) is 0 Å². The van der Waals surface area contributed by atoms with Gasteiger partial charge >= 0.3 is 6.01 Å². The predicted molar refractivity (Wildman–Crippen MR) is 52.7 cm³/mol. The van der Waals surface area contributed by atoms with Crippen molar-refractivity contribution < 1.29 is 4.74 Å². The smallest absolute Gasteiger partial charge is 0.322 e. The molecule has 0 aliphatic heterocycles. The van der Waals surface area contributed by atoms with Crippen molar-refractivity contribution in [3.05, 3.63) is 5.28 Å². The molecule has 14 heavy (non-hydrogen) atoms. The van der Waals surface area contributed by atoms with Crippen LogP contribution in [-0.4, -0.2) is 27.6 Å². The van der Waals surface area contributed by atoms with Crippen LogP contribution in [-0.2, 0) is 0 Å². The Balaban J connectivity index is 2.20. The van der Waals surface area contributed by atoms with Gasteiger partial charge in [-0.05, 0) is 31.4 Å². The molecule has 0 spiro atoms. The number of rotatable bonds is 3. The fourth-order valence-electron chi connectivity index (χ4n) is 1.06. The third kappa shape index (κ3) is 2.04. The van der Waals surface area contributed by atoms with Crippen molar-refractivity contribution in [2.75, 3.05) is 12.4 Å². The largest absolute Gasteiger partial charge is 0.467 e. The number of nitrogens with zero attached hydrogens (tertiary/aromatic N) is 3. The van der Waals surface area contributed by atoms with Gasteiger partial charge in [-0.2, -0.15) is 15.0 Å². The Morgan fingerprint density at radius 1 is 1.36 bits per heavy atom. The van der Waals surface area contributed by atoms with Crippen LogP contribution in [0.25, 0.3) is 0 Å². The average molecular weight is 215 g/mol. The Kier molecular flexibility index (Phi) is 2.19. The topological polar surface area (TPSA) is 59.9 Å². The predicted octanol–water partition coefficient (Wildman–Crippen LogP) is 1.50. The monoisotopic (exact) mass is 214 g/mol. The molecule has 1 fully saturated rings. The molecule has 1 aromatic rings. The van der Waals surface area contributed by atoms with Crippen molar-refractivity contribution in [1.29, 1.82) is 0 Å². The Labute approximate surface area is 86.9 Å². The van der Waals surface area contributed by atoms with E-state index in [4.69, 9.17) is 16.3 Å². The molecule has 0 saturated heterocycles. The molecule has 0 atom stereocenters. The summed E-state index contributed by atoms with van der Waals surface area (Å²) in [6.07, 6.45) is 2.25. The van der Waals surface area contributed by atoms with Gasteiger partial charge < -0.3 is 10.1 Å². The molecule has 2 rings (SSSR count). The van der Waals surface area contributed by atoms with Gasteiger partial charge in [-0.3, -0.25) is 0 Å². The number of hydrogen-bond donors (Lipinski definition) is 1. The number of halogens is 1. The molecule has 0 bridgehead atoms. The van der Waals surface area contributed by atoms with Gasteiger partial charge in [-0.1, -0.05) is 0 Å². The molecule has 5 nitrogen and oxygen atoms in total. The molecule has 1 aliphatic carbocycles. The first-order chi connectivity index (χ1) is 6.61. The second-order valence-electron chi connectivity index (χ2n) is 3.60. The zero-order valence-corrected chi connectivity index (χ0v) is 8.80. The summed E-state index contributed by atoms with van der Waals surface area (Å²) < 4.78 is 4.88. The minimum absolute atomic E-state index is 0.121. The van der Waals surface area contributed by atoms with E-state index < -0.39 is 0 Å². The van der Waals surface area contributed by atoms with Crippen molar-refractivity contribution in [1.82, 2.24) is 15.0 Å². The summed E-state index contributed by atoms with van der Waals surface area (Å²) >= 11 is 5.70. The Hall–Kier alpha value is -1.10. The summed E-state index contributed by atoms with van der Waals surface area (Å²) in [6.45, 7) is 2.11. The number of nitrogens with one attached hydrogen (secondary N) is 1. The first-order valence-electron chi connectivity index (χ1n) is 4.35. The summed E-state index contributed by atoms with van der Waals surface area (Å²) in [7, 11) is 1.49. The lowest BCUT2D eigenvalue weighted by Gasteiger charge is -2.11. The fraction of sp³-hybridized carbons (Fsp3) is 0.625. The van der Waals surface area contributed by atoms with Gasteiger partial charge in [0.05, 0.1) is 7.11 Å². The molecule has 6 heteroatoms. The Morgan fingerprint density at radius 3 is 2.64 bits per heavy atom.